The Morgan fingerprint density at radius 3 is 2.62 bits per heavy atom. The van der Waals surface area contributed by atoms with Crippen LogP contribution in [0.2, 0.25) is 0 Å². The van der Waals surface area contributed by atoms with E-state index in [9.17, 15) is 0 Å². The molecule has 1 nitrogen and oxygen atoms in total. The van der Waals surface area contributed by atoms with Crippen molar-refractivity contribution in [2.75, 3.05) is 6.61 Å². The Bertz CT molecular complexity index is 246. The second kappa shape index (κ2) is 2.60. The SMILES string of the molecule is CC[C@H]1CC=C(C)[C@]2(CO2)C1(C)C. The number of ether oxygens (including phenoxy) is 1. The summed E-state index contributed by atoms with van der Waals surface area (Å²) in [5, 5.41) is 0. The van der Waals surface area contributed by atoms with Gasteiger partial charge in [-0.25, -0.2) is 0 Å². The molecule has 74 valence electrons. The monoisotopic (exact) mass is 180 g/mol. The molecule has 0 N–H and O–H groups in total. The minimum atomic E-state index is 0.117. The smallest absolute Gasteiger partial charge is 0.118 e. The van der Waals surface area contributed by atoms with Crippen LogP contribution in [0.3, 0.4) is 0 Å². The minimum Gasteiger partial charge on any atom is -0.364 e. The van der Waals surface area contributed by atoms with Crippen LogP contribution in [0.25, 0.3) is 0 Å². The van der Waals surface area contributed by atoms with Crippen LogP contribution in [-0.4, -0.2) is 12.2 Å². The van der Waals surface area contributed by atoms with Crippen LogP contribution >= 0.6 is 0 Å². The molecule has 1 aliphatic heterocycles. The van der Waals surface area contributed by atoms with Gasteiger partial charge in [-0.1, -0.05) is 33.3 Å². The Labute approximate surface area is 81.2 Å². The first kappa shape index (κ1) is 9.26. The van der Waals surface area contributed by atoms with Gasteiger partial charge in [0.15, 0.2) is 0 Å². The molecule has 0 saturated carbocycles. The zero-order valence-corrected chi connectivity index (χ0v) is 9.18. The summed E-state index contributed by atoms with van der Waals surface area (Å²) in [7, 11) is 0. The zero-order chi connectivity index (χ0) is 9.69. The highest BCUT2D eigenvalue weighted by atomic mass is 16.6. The lowest BCUT2D eigenvalue weighted by Crippen LogP contribution is -2.43. The highest BCUT2D eigenvalue weighted by molar-refractivity contribution is 5.30. The van der Waals surface area contributed by atoms with E-state index < -0.39 is 0 Å². The molecule has 2 aliphatic rings. The fraction of sp³-hybridized carbons (Fsp3) is 0.833. The van der Waals surface area contributed by atoms with Crippen molar-refractivity contribution in [3.8, 4) is 0 Å². The fourth-order valence-corrected chi connectivity index (χ4v) is 2.97. The molecule has 13 heavy (non-hydrogen) atoms. The molecular formula is C12H20O. The molecule has 0 aromatic rings. The molecule has 1 heterocycles. The molecular weight excluding hydrogens is 160 g/mol. The molecule has 0 aromatic carbocycles. The third kappa shape index (κ3) is 1.03. The van der Waals surface area contributed by atoms with Crippen molar-refractivity contribution in [2.24, 2.45) is 11.3 Å². The minimum absolute atomic E-state index is 0.117. The molecule has 0 bridgehead atoms. The van der Waals surface area contributed by atoms with Crippen LogP contribution in [0.5, 0.6) is 0 Å². The van der Waals surface area contributed by atoms with Crippen LogP contribution in [0.4, 0.5) is 0 Å². The maximum Gasteiger partial charge on any atom is 0.118 e. The first-order valence-corrected chi connectivity index (χ1v) is 5.36. The van der Waals surface area contributed by atoms with Gasteiger partial charge >= 0.3 is 0 Å². The Morgan fingerprint density at radius 1 is 1.54 bits per heavy atom. The second-order valence-corrected chi connectivity index (χ2v) is 5.07. The van der Waals surface area contributed by atoms with Crippen molar-refractivity contribution in [3.63, 3.8) is 0 Å². The first-order valence-electron chi connectivity index (χ1n) is 5.36. The summed E-state index contributed by atoms with van der Waals surface area (Å²) >= 11 is 0. The molecule has 1 spiro atoms. The molecule has 0 amide bonds. The van der Waals surface area contributed by atoms with Gasteiger partial charge in [0.25, 0.3) is 0 Å². The molecule has 2 atom stereocenters. The van der Waals surface area contributed by atoms with Gasteiger partial charge in [-0.15, -0.1) is 0 Å². The van der Waals surface area contributed by atoms with Gasteiger partial charge in [0.05, 0.1) is 6.61 Å². The number of hydrogen-bond donors (Lipinski definition) is 0. The molecule has 1 saturated heterocycles. The summed E-state index contributed by atoms with van der Waals surface area (Å²) in [6.45, 7) is 10.2. The van der Waals surface area contributed by atoms with Gasteiger partial charge in [-0.2, -0.15) is 0 Å². The van der Waals surface area contributed by atoms with Crippen molar-refractivity contribution in [2.45, 2.75) is 46.1 Å². The van der Waals surface area contributed by atoms with Crippen LogP contribution in [-0.2, 0) is 4.74 Å². The predicted octanol–water partition coefficient (Wildman–Crippen LogP) is 3.16. The third-order valence-corrected chi connectivity index (χ3v) is 4.33. The van der Waals surface area contributed by atoms with E-state index >= 15 is 0 Å². The Hall–Kier alpha value is -0.300. The van der Waals surface area contributed by atoms with Gasteiger partial charge in [0.2, 0.25) is 0 Å². The second-order valence-electron chi connectivity index (χ2n) is 5.07. The van der Waals surface area contributed by atoms with Crippen LogP contribution in [0, 0.1) is 11.3 Å². The molecule has 2 rings (SSSR count). The van der Waals surface area contributed by atoms with E-state index in [0.29, 0.717) is 5.41 Å². The van der Waals surface area contributed by atoms with Crippen LogP contribution < -0.4 is 0 Å². The van der Waals surface area contributed by atoms with Crippen molar-refractivity contribution >= 4 is 0 Å². The van der Waals surface area contributed by atoms with Gasteiger partial charge < -0.3 is 4.74 Å². The lowest BCUT2D eigenvalue weighted by Gasteiger charge is -2.42. The third-order valence-electron chi connectivity index (χ3n) is 4.33. The lowest BCUT2D eigenvalue weighted by atomic mass is 9.61. The van der Waals surface area contributed by atoms with Crippen molar-refractivity contribution < 1.29 is 4.74 Å². The topological polar surface area (TPSA) is 12.5 Å². The van der Waals surface area contributed by atoms with E-state index in [1.54, 1.807) is 0 Å². The summed E-state index contributed by atoms with van der Waals surface area (Å²) in [4.78, 5) is 0. The quantitative estimate of drug-likeness (QED) is 0.446. The molecule has 0 unspecified atom stereocenters. The fourth-order valence-electron chi connectivity index (χ4n) is 2.97. The maximum absolute atomic E-state index is 5.73. The summed E-state index contributed by atoms with van der Waals surface area (Å²) in [6, 6.07) is 0. The summed E-state index contributed by atoms with van der Waals surface area (Å²) in [6.07, 6.45) is 4.88. The molecule has 1 heteroatoms. The highest BCUT2D eigenvalue weighted by Crippen LogP contribution is 2.57. The van der Waals surface area contributed by atoms with Gasteiger partial charge in [0.1, 0.15) is 5.60 Å². The molecule has 0 radical (unpaired) electrons. The number of allylic oxidation sites excluding steroid dienone is 1. The molecule has 1 aliphatic carbocycles. The largest absolute Gasteiger partial charge is 0.364 e. The van der Waals surface area contributed by atoms with Gasteiger partial charge in [0, 0.05) is 5.41 Å². The summed E-state index contributed by atoms with van der Waals surface area (Å²) in [5.41, 5.74) is 1.91. The summed E-state index contributed by atoms with van der Waals surface area (Å²) < 4.78 is 5.73. The van der Waals surface area contributed by atoms with E-state index in [1.807, 2.05) is 0 Å². The Morgan fingerprint density at radius 2 is 2.15 bits per heavy atom. The standard InChI is InChI=1S/C12H20O/c1-5-10-7-6-9(2)12(8-13-12)11(10,3)4/h6,10H,5,7-8H2,1-4H3/t10-,12+/m0/s1. The van der Waals surface area contributed by atoms with E-state index in [-0.39, 0.29) is 5.60 Å². The normalized spacial score (nSPS) is 41.8. The first-order chi connectivity index (χ1) is 6.04. The van der Waals surface area contributed by atoms with Gasteiger partial charge in [-0.05, 0) is 24.8 Å². The predicted molar refractivity (Wildman–Crippen MR) is 54.6 cm³/mol. The average Bonchev–Trinajstić information content (AvgIpc) is 2.82. The van der Waals surface area contributed by atoms with Crippen molar-refractivity contribution in [1.82, 2.24) is 0 Å². The van der Waals surface area contributed by atoms with Crippen LogP contribution in [0.15, 0.2) is 11.6 Å². The van der Waals surface area contributed by atoms with E-state index in [2.05, 4.69) is 33.8 Å². The van der Waals surface area contributed by atoms with E-state index in [1.165, 1.54) is 18.4 Å². The summed E-state index contributed by atoms with van der Waals surface area (Å²) in [5.74, 6) is 0.790. The molecule has 1 fully saturated rings. The molecule has 0 aromatic heterocycles. The zero-order valence-electron chi connectivity index (χ0n) is 9.18. The number of hydrogen-bond acceptors (Lipinski definition) is 1. The lowest BCUT2D eigenvalue weighted by molar-refractivity contribution is 0.0813. The maximum atomic E-state index is 5.73. The number of rotatable bonds is 1. The van der Waals surface area contributed by atoms with E-state index in [0.717, 1.165) is 12.5 Å². The van der Waals surface area contributed by atoms with Gasteiger partial charge in [-0.3, -0.25) is 0 Å². The Balaban J connectivity index is 2.35. The van der Waals surface area contributed by atoms with E-state index in [4.69, 9.17) is 4.74 Å². The number of epoxide rings is 1. The Kier molecular flexibility index (Phi) is 1.85. The highest BCUT2D eigenvalue weighted by Gasteiger charge is 2.61. The van der Waals surface area contributed by atoms with Crippen molar-refractivity contribution in [1.29, 1.82) is 0 Å². The average molecular weight is 180 g/mol. The van der Waals surface area contributed by atoms with Crippen molar-refractivity contribution in [3.05, 3.63) is 11.6 Å². The van der Waals surface area contributed by atoms with Crippen LogP contribution in [0.1, 0.15) is 40.5 Å².